The fraction of sp³-hybridized carbons (Fsp3) is 0.571. The molecule has 2 fully saturated rings. The molecule has 2 N–H and O–H groups in total. The fourth-order valence-electron chi connectivity index (χ4n) is 4.71. The smallest absolute Gasteiger partial charge is 0.393 e. The van der Waals surface area contributed by atoms with Crippen molar-refractivity contribution in [3.05, 3.63) is 24.0 Å². The molecule has 0 spiro atoms. The van der Waals surface area contributed by atoms with Crippen LogP contribution in [0.4, 0.5) is 19.1 Å². The first kappa shape index (κ1) is 20.3. The number of nitrogen functional groups attached to an aromatic ring is 1. The second-order valence-corrected chi connectivity index (χ2v) is 8.62. The van der Waals surface area contributed by atoms with Crippen molar-refractivity contribution < 1.29 is 17.9 Å². The largest absolute Gasteiger partial charge is 0.494 e. The minimum absolute atomic E-state index is 0.0400. The molecule has 5 rings (SSSR count). The molecule has 1 aliphatic heterocycles. The Kier molecular flexibility index (Phi) is 4.91. The molecule has 3 aromatic rings. The average Bonchev–Trinajstić information content (AvgIpc) is 3.47. The number of rotatable bonds is 5. The first-order chi connectivity index (χ1) is 14.8. The van der Waals surface area contributed by atoms with Crippen LogP contribution in [0.2, 0.25) is 0 Å². The highest BCUT2D eigenvalue weighted by Crippen LogP contribution is 2.46. The van der Waals surface area contributed by atoms with Crippen LogP contribution in [0.25, 0.3) is 16.6 Å². The van der Waals surface area contributed by atoms with Gasteiger partial charge in [-0.3, -0.25) is 0 Å². The van der Waals surface area contributed by atoms with Gasteiger partial charge >= 0.3 is 6.18 Å². The lowest BCUT2D eigenvalue weighted by Gasteiger charge is -2.34. The van der Waals surface area contributed by atoms with E-state index in [9.17, 15) is 13.2 Å². The number of anilines is 1. The first-order valence-corrected chi connectivity index (χ1v) is 10.6. The number of benzene rings is 1. The number of piperidine rings is 1. The third-order valence-electron chi connectivity index (χ3n) is 6.46. The Morgan fingerprint density at radius 2 is 2.03 bits per heavy atom. The summed E-state index contributed by atoms with van der Waals surface area (Å²) in [4.78, 5) is 11.1. The van der Waals surface area contributed by atoms with E-state index in [1.54, 1.807) is 13.2 Å². The number of likely N-dealkylation sites (tertiary alicyclic amines) is 1. The van der Waals surface area contributed by atoms with Crippen molar-refractivity contribution in [3.8, 4) is 5.75 Å². The second-order valence-electron chi connectivity index (χ2n) is 8.62. The normalized spacial score (nSPS) is 21.6. The Balaban J connectivity index is 1.44. The summed E-state index contributed by atoms with van der Waals surface area (Å²) in [5, 5.41) is 5.35. The minimum atomic E-state index is -4.15. The molecule has 1 saturated carbocycles. The maximum atomic E-state index is 13.5. The van der Waals surface area contributed by atoms with Crippen molar-refractivity contribution in [2.24, 2.45) is 11.8 Å². The van der Waals surface area contributed by atoms with Crippen LogP contribution < -0.4 is 10.5 Å². The van der Waals surface area contributed by atoms with Crippen LogP contribution in [0.3, 0.4) is 0 Å². The number of para-hydroxylation sites is 1. The van der Waals surface area contributed by atoms with Crippen LogP contribution in [-0.2, 0) is 0 Å². The predicted octanol–water partition coefficient (Wildman–Crippen LogP) is 3.64. The van der Waals surface area contributed by atoms with Gasteiger partial charge in [-0.1, -0.05) is 6.07 Å². The molecule has 2 aromatic heterocycles. The molecule has 10 heteroatoms. The highest BCUT2D eigenvalue weighted by Gasteiger charge is 2.49. The number of halogens is 3. The molecule has 0 bridgehead atoms. The molecular weight excluding hydrogens is 409 g/mol. The van der Waals surface area contributed by atoms with Crippen LogP contribution in [-0.4, -0.2) is 57.4 Å². The summed E-state index contributed by atoms with van der Waals surface area (Å²) in [5.41, 5.74) is 7.32. The molecule has 1 aliphatic carbocycles. The fourth-order valence-corrected chi connectivity index (χ4v) is 4.71. The maximum Gasteiger partial charge on any atom is 0.393 e. The van der Waals surface area contributed by atoms with E-state index in [2.05, 4.69) is 10.1 Å². The Labute approximate surface area is 177 Å². The molecule has 166 valence electrons. The van der Waals surface area contributed by atoms with E-state index in [-0.39, 0.29) is 24.3 Å². The summed E-state index contributed by atoms with van der Waals surface area (Å²) < 4.78 is 47.4. The summed E-state index contributed by atoms with van der Waals surface area (Å²) in [5.74, 6) is -0.106. The van der Waals surface area contributed by atoms with Gasteiger partial charge in [-0.25, -0.2) is 9.97 Å². The number of alkyl halides is 3. The lowest BCUT2D eigenvalue weighted by molar-refractivity contribution is -0.185. The number of hydrogen-bond donors (Lipinski definition) is 1. The average molecular weight is 434 g/mol. The lowest BCUT2D eigenvalue weighted by Crippen LogP contribution is -2.42. The number of ether oxygens (including phenoxy) is 1. The van der Waals surface area contributed by atoms with Crippen molar-refractivity contribution in [2.75, 3.05) is 32.5 Å². The van der Waals surface area contributed by atoms with Crippen molar-refractivity contribution in [1.29, 1.82) is 0 Å². The van der Waals surface area contributed by atoms with Crippen molar-refractivity contribution in [2.45, 2.75) is 37.8 Å². The number of nitrogens with zero attached hydrogens (tertiary/aromatic N) is 5. The number of nitrogens with two attached hydrogens (primary N) is 1. The topological polar surface area (TPSA) is 81.6 Å². The van der Waals surface area contributed by atoms with E-state index in [1.807, 2.05) is 17.0 Å². The predicted molar refractivity (Wildman–Crippen MR) is 110 cm³/mol. The molecule has 31 heavy (non-hydrogen) atoms. The van der Waals surface area contributed by atoms with Gasteiger partial charge in [-0.15, -0.1) is 5.10 Å². The molecule has 0 amide bonds. The molecule has 0 radical (unpaired) electrons. The maximum absolute atomic E-state index is 13.5. The zero-order chi connectivity index (χ0) is 21.8. The highest BCUT2D eigenvalue weighted by atomic mass is 19.4. The zero-order valence-electron chi connectivity index (χ0n) is 17.3. The molecule has 2 aliphatic rings. The Bertz CT molecular complexity index is 1110. The second kappa shape index (κ2) is 7.51. The van der Waals surface area contributed by atoms with E-state index >= 15 is 0 Å². The minimum Gasteiger partial charge on any atom is -0.494 e. The quantitative estimate of drug-likeness (QED) is 0.660. The Morgan fingerprint density at radius 3 is 2.74 bits per heavy atom. The Hall–Kier alpha value is -2.62. The molecule has 2 atom stereocenters. The molecule has 3 heterocycles. The number of fused-ring (bicyclic) bond motifs is 3. The summed E-state index contributed by atoms with van der Waals surface area (Å²) in [6.07, 6.45) is -1.14. The van der Waals surface area contributed by atoms with Crippen LogP contribution in [0.1, 0.15) is 37.4 Å². The van der Waals surface area contributed by atoms with Crippen LogP contribution in [0.15, 0.2) is 18.2 Å². The monoisotopic (exact) mass is 434 g/mol. The molecule has 0 unspecified atom stereocenters. The standard InChI is InChI=1S/C21H25F3N6O/c1-31-16-6-2-5-14-17(16)26-20(25)30-19(14)27-18(28-30)13-4-3-9-29(10-13)11-15(12-7-8-12)21(22,23)24/h2,5-6,12-13,15H,3-4,7-11H2,1H3,(H2,25,26)/t13-,15+/m1/s1. The van der Waals surface area contributed by atoms with Crippen LogP contribution in [0, 0.1) is 11.8 Å². The molecule has 7 nitrogen and oxygen atoms in total. The molecule has 1 saturated heterocycles. The zero-order valence-corrected chi connectivity index (χ0v) is 17.3. The number of hydrogen-bond acceptors (Lipinski definition) is 6. The summed E-state index contributed by atoms with van der Waals surface area (Å²) >= 11 is 0. The van der Waals surface area contributed by atoms with Gasteiger partial charge in [-0.2, -0.15) is 17.7 Å². The van der Waals surface area contributed by atoms with E-state index in [0.29, 0.717) is 48.7 Å². The summed E-state index contributed by atoms with van der Waals surface area (Å²) in [6, 6.07) is 5.54. The van der Waals surface area contributed by atoms with Gasteiger partial charge < -0.3 is 15.4 Å². The van der Waals surface area contributed by atoms with Gasteiger partial charge in [0.1, 0.15) is 11.3 Å². The summed E-state index contributed by atoms with van der Waals surface area (Å²) in [6.45, 7) is 1.25. The number of aromatic nitrogens is 4. The van der Waals surface area contributed by atoms with Gasteiger partial charge in [0.2, 0.25) is 5.95 Å². The first-order valence-electron chi connectivity index (χ1n) is 10.6. The van der Waals surface area contributed by atoms with E-state index < -0.39 is 12.1 Å². The van der Waals surface area contributed by atoms with Gasteiger partial charge in [0.05, 0.1) is 13.0 Å². The van der Waals surface area contributed by atoms with Crippen LogP contribution in [0.5, 0.6) is 5.75 Å². The van der Waals surface area contributed by atoms with Gasteiger partial charge in [0.25, 0.3) is 0 Å². The lowest BCUT2D eigenvalue weighted by atomic mass is 9.95. The SMILES string of the molecule is COc1cccc2c1nc(N)n1nc([C@@H]3CCCN(C[C@@H](C4CC4)C(F)(F)F)C3)nc21. The van der Waals surface area contributed by atoms with E-state index in [1.165, 1.54) is 4.52 Å². The van der Waals surface area contributed by atoms with E-state index in [4.69, 9.17) is 15.5 Å². The van der Waals surface area contributed by atoms with Crippen LogP contribution >= 0.6 is 0 Å². The van der Waals surface area contributed by atoms with E-state index in [0.717, 1.165) is 18.2 Å². The molecule has 1 aromatic carbocycles. The molecular formula is C21H25F3N6O. The van der Waals surface area contributed by atoms with Gasteiger partial charge in [-0.05, 0) is 50.3 Å². The van der Waals surface area contributed by atoms with Gasteiger partial charge in [0.15, 0.2) is 11.5 Å². The van der Waals surface area contributed by atoms with Gasteiger partial charge in [0, 0.05) is 24.4 Å². The van der Waals surface area contributed by atoms with Crippen molar-refractivity contribution >= 4 is 22.5 Å². The summed E-state index contributed by atoms with van der Waals surface area (Å²) in [7, 11) is 1.57. The number of methoxy groups -OCH3 is 1. The third-order valence-corrected chi connectivity index (χ3v) is 6.46. The van der Waals surface area contributed by atoms with Crippen molar-refractivity contribution in [1.82, 2.24) is 24.5 Å². The Morgan fingerprint density at radius 1 is 1.23 bits per heavy atom. The highest BCUT2D eigenvalue weighted by molar-refractivity contribution is 5.95. The third kappa shape index (κ3) is 3.77. The van der Waals surface area contributed by atoms with Crippen molar-refractivity contribution in [3.63, 3.8) is 0 Å².